The molecule has 108 valence electrons. The van der Waals surface area contributed by atoms with Gasteiger partial charge in [0, 0.05) is 24.3 Å². The van der Waals surface area contributed by atoms with Gasteiger partial charge in [-0.15, -0.1) is 0 Å². The highest BCUT2D eigenvalue weighted by molar-refractivity contribution is 7.91. The van der Waals surface area contributed by atoms with Gasteiger partial charge in [-0.3, -0.25) is 9.36 Å². The monoisotopic (exact) mass is 296 g/mol. The molecular weight excluding hydrogens is 280 g/mol. The number of nitrogens with zero attached hydrogens (tertiary/aromatic N) is 2. The zero-order chi connectivity index (χ0) is 14.7. The summed E-state index contributed by atoms with van der Waals surface area (Å²) in [5, 5.41) is 0.442. The number of hydrogen-bond acceptors (Lipinski definition) is 5. The molecule has 0 aliphatic carbocycles. The predicted molar refractivity (Wildman–Crippen MR) is 75.2 cm³/mol. The van der Waals surface area contributed by atoms with Gasteiger partial charge in [-0.25, -0.2) is 0 Å². The molecular formula is C13H16N2O4S. The predicted octanol–water partition coefficient (Wildman–Crippen LogP) is 1.25. The van der Waals surface area contributed by atoms with Crippen molar-refractivity contribution in [2.75, 3.05) is 20.0 Å². The Morgan fingerprint density at radius 2 is 2.20 bits per heavy atom. The minimum atomic E-state index is -1.35. The molecule has 0 amide bonds. The number of carbonyl (C=O) groups excluding carboxylic acids is 1. The van der Waals surface area contributed by atoms with Crippen LogP contribution in [0, 0.1) is 0 Å². The van der Waals surface area contributed by atoms with E-state index in [0.29, 0.717) is 16.4 Å². The fraction of sp³-hybridized carbons (Fsp3) is 0.385. The van der Waals surface area contributed by atoms with Crippen LogP contribution in [0.4, 0.5) is 0 Å². The van der Waals surface area contributed by atoms with Gasteiger partial charge in [-0.05, 0) is 12.1 Å². The third-order valence-electron chi connectivity index (χ3n) is 2.97. The van der Waals surface area contributed by atoms with E-state index in [2.05, 4.69) is 9.72 Å². The first-order valence-corrected chi connectivity index (χ1v) is 7.34. The second-order valence-corrected chi connectivity index (χ2v) is 5.65. The first kappa shape index (κ1) is 14.7. The molecule has 7 heteroatoms. The minimum absolute atomic E-state index is 0.107. The summed E-state index contributed by atoms with van der Waals surface area (Å²) in [6.45, 7) is 0. The first-order valence-electron chi connectivity index (χ1n) is 6.02. The van der Waals surface area contributed by atoms with Crippen LogP contribution in [-0.2, 0) is 27.8 Å². The first-order chi connectivity index (χ1) is 9.56. The molecule has 1 heterocycles. The van der Waals surface area contributed by atoms with E-state index in [1.807, 2.05) is 12.1 Å². The van der Waals surface area contributed by atoms with E-state index in [1.165, 1.54) is 7.11 Å². The van der Waals surface area contributed by atoms with Crippen LogP contribution in [0.5, 0.6) is 5.75 Å². The maximum atomic E-state index is 12.2. The maximum Gasteiger partial charge on any atom is 0.323 e. The van der Waals surface area contributed by atoms with E-state index < -0.39 is 11.2 Å². The van der Waals surface area contributed by atoms with Crippen molar-refractivity contribution < 1.29 is 18.8 Å². The van der Waals surface area contributed by atoms with Gasteiger partial charge in [-0.2, -0.15) is 4.98 Å². The average molecular weight is 296 g/mol. The molecule has 1 atom stereocenters. The molecule has 2 aromatic rings. The Labute approximate surface area is 119 Å². The van der Waals surface area contributed by atoms with E-state index in [-0.39, 0.29) is 18.1 Å². The Morgan fingerprint density at radius 1 is 1.45 bits per heavy atom. The van der Waals surface area contributed by atoms with Crippen LogP contribution >= 0.6 is 0 Å². The summed E-state index contributed by atoms with van der Waals surface area (Å²) in [7, 11) is 4.69. The molecule has 0 aliphatic rings. The van der Waals surface area contributed by atoms with Crippen LogP contribution in [0.25, 0.3) is 11.0 Å². The molecule has 0 spiro atoms. The van der Waals surface area contributed by atoms with Crippen molar-refractivity contribution in [2.45, 2.75) is 11.6 Å². The summed E-state index contributed by atoms with van der Waals surface area (Å²) in [5.41, 5.74) is 1.58. The van der Waals surface area contributed by atoms with Crippen molar-refractivity contribution in [3.63, 3.8) is 0 Å². The van der Waals surface area contributed by atoms with Gasteiger partial charge < -0.3 is 14.0 Å². The van der Waals surface area contributed by atoms with Crippen molar-refractivity contribution in [1.82, 2.24) is 9.55 Å². The Kier molecular flexibility index (Phi) is 4.51. The van der Waals surface area contributed by atoms with Crippen LogP contribution < -0.4 is 4.74 Å². The number of aromatic nitrogens is 2. The summed E-state index contributed by atoms with van der Waals surface area (Å²) in [5.74, 6) is 0.516. The van der Waals surface area contributed by atoms with Gasteiger partial charge in [0.1, 0.15) is 11.5 Å². The van der Waals surface area contributed by atoms with Crippen LogP contribution in [0.3, 0.4) is 0 Å². The molecule has 1 aromatic carbocycles. The zero-order valence-electron chi connectivity index (χ0n) is 11.6. The van der Waals surface area contributed by atoms with Crippen molar-refractivity contribution in [3.8, 4) is 5.75 Å². The lowest BCUT2D eigenvalue weighted by Gasteiger charge is -2.08. The third kappa shape index (κ3) is 2.88. The summed E-state index contributed by atoms with van der Waals surface area (Å²) in [6.07, 6.45) is 0.107. The van der Waals surface area contributed by atoms with Gasteiger partial charge in [0.2, 0.25) is 0 Å². The number of hydrogen-bond donors (Lipinski definition) is 0. The minimum Gasteiger partial charge on any atom is -0.609 e. The molecule has 2 rings (SSSR count). The fourth-order valence-corrected chi connectivity index (χ4v) is 3.00. The van der Waals surface area contributed by atoms with E-state index in [4.69, 9.17) is 4.74 Å². The van der Waals surface area contributed by atoms with Crippen molar-refractivity contribution in [2.24, 2.45) is 7.05 Å². The standard InChI is InChI=1S/C13H16N2O4S/c1-15-11-5-4-9(18-2)8-10(11)14-13(15)20(17)7-6-12(16)19-3/h4-5,8H,6-7H2,1-3H3. The largest absolute Gasteiger partial charge is 0.609 e. The van der Waals surface area contributed by atoms with E-state index in [9.17, 15) is 9.35 Å². The Morgan fingerprint density at radius 3 is 2.85 bits per heavy atom. The molecule has 0 aliphatic heterocycles. The molecule has 0 radical (unpaired) electrons. The quantitative estimate of drug-likeness (QED) is 0.613. The highest BCUT2D eigenvalue weighted by atomic mass is 32.2. The number of imidazole rings is 1. The number of esters is 1. The summed E-state index contributed by atoms with van der Waals surface area (Å²) >= 11 is -1.35. The van der Waals surface area contributed by atoms with Crippen LogP contribution in [0.15, 0.2) is 23.4 Å². The smallest absolute Gasteiger partial charge is 0.323 e. The number of aryl methyl sites for hydroxylation is 1. The summed E-state index contributed by atoms with van der Waals surface area (Å²) in [4.78, 5) is 15.4. The normalized spacial score (nSPS) is 12.4. The Hall–Kier alpha value is -1.73. The average Bonchev–Trinajstić information content (AvgIpc) is 2.80. The van der Waals surface area contributed by atoms with Crippen LogP contribution in [-0.4, -0.2) is 40.0 Å². The van der Waals surface area contributed by atoms with Gasteiger partial charge in [-0.1, -0.05) is 0 Å². The lowest BCUT2D eigenvalue weighted by Crippen LogP contribution is -2.16. The second kappa shape index (κ2) is 6.15. The lowest BCUT2D eigenvalue weighted by atomic mass is 10.3. The molecule has 0 bridgehead atoms. The maximum absolute atomic E-state index is 12.2. The number of fused-ring (bicyclic) bond motifs is 1. The molecule has 6 nitrogen and oxygen atoms in total. The van der Waals surface area contributed by atoms with Gasteiger partial charge >= 0.3 is 11.1 Å². The molecule has 1 aromatic heterocycles. The molecule has 0 saturated carbocycles. The van der Waals surface area contributed by atoms with Gasteiger partial charge in [0.05, 0.1) is 31.7 Å². The fourth-order valence-electron chi connectivity index (χ4n) is 1.86. The number of rotatable bonds is 5. The van der Waals surface area contributed by atoms with Crippen molar-refractivity contribution in [3.05, 3.63) is 18.2 Å². The summed E-state index contributed by atoms with van der Waals surface area (Å²) in [6, 6.07) is 5.48. The van der Waals surface area contributed by atoms with Gasteiger partial charge in [0.15, 0.2) is 0 Å². The molecule has 0 fully saturated rings. The van der Waals surface area contributed by atoms with Crippen molar-refractivity contribution in [1.29, 1.82) is 0 Å². The summed E-state index contributed by atoms with van der Waals surface area (Å²) < 4.78 is 23.6. The molecule has 0 N–H and O–H groups in total. The van der Waals surface area contributed by atoms with E-state index >= 15 is 0 Å². The lowest BCUT2D eigenvalue weighted by molar-refractivity contribution is -0.140. The molecule has 0 saturated heterocycles. The number of methoxy groups -OCH3 is 2. The second-order valence-electron chi connectivity index (χ2n) is 4.18. The van der Waals surface area contributed by atoms with Crippen LogP contribution in [0.2, 0.25) is 0 Å². The van der Waals surface area contributed by atoms with Crippen molar-refractivity contribution >= 4 is 28.2 Å². The number of ether oxygens (including phenoxy) is 2. The van der Waals surface area contributed by atoms with E-state index in [0.717, 1.165) is 5.52 Å². The number of carbonyl (C=O) groups is 1. The third-order valence-corrected chi connectivity index (χ3v) is 4.32. The zero-order valence-corrected chi connectivity index (χ0v) is 12.4. The molecule has 1 unspecified atom stereocenters. The van der Waals surface area contributed by atoms with Crippen LogP contribution in [0.1, 0.15) is 6.42 Å². The van der Waals surface area contributed by atoms with Gasteiger partial charge in [0.25, 0.3) is 0 Å². The molecule has 20 heavy (non-hydrogen) atoms. The van der Waals surface area contributed by atoms with E-state index in [1.54, 1.807) is 24.8 Å². The SMILES string of the molecule is COC(=O)CC[S+]([O-])c1nc2cc(OC)ccc2n1C. The highest BCUT2D eigenvalue weighted by Gasteiger charge is 2.21. The number of benzene rings is 1. The highest BCUT2D eigenvalue weighted by Crippen LogP contribution is 2.23. The Bertz CT molecular complexity index is 626. The Balaban J connectivity index is 2.25. The topological polar surface area (TPSA) is 76.4 Å².